The molecule has 0 rings (SSSR count). The molecule has 0 spiro atoms. The number of hydrogen-bond donors (Lipinski definition) is 3. The lowest BCUT2D eigenvalue weighted by Gasteiger charge is -2.24. The fourth-order valence-electron chi connectivity index (χ4n) is 7.35. The number of carbonyl (C=O) groups is 2. The van der Waals surface area contributed by atoms with E-state index in [9.17, 15) is 19.8 Å². The number of aliphatic hydroxyl groups is 2. The van der Waals surface area contributed by atoms with Crippen LogP contribution in [0.2, 0.25) is 0 Å². The fraction of sp³-hybridized carbons (Fsp3) is 0.655. The molecule has 0 heterocycles. The minimum absolute atomic E-state index is 0.0123. The number of ether oxygens (including phenoxy) is 1. The zero-order valence-corrected chi connectivity index (χ0v) is 41.4. The van der Waals surface area contributed by atoms with Crippen molar-refractivity contribution < 1.29 is 24.5 Å². The third-order valence-electron chi connectivity index (χ3n) is 11.3. The molecule has 3 N–H and O–H groups in total. The zero-order chi connectivity index (χ0) is 46.7. The lowest BCUT2D eigenvalue weighted by atomic mass is 10.0. The van der Waals surface area contributed by atoms with Gasteiger partial charge in [0.1, 0.15) is 6.10 Å². The Hall–Kier alpha value is -3.48. The van der Waals surface area contributed by atoms with Crippen LogP contribution in [0.15, 0.2) is 109 Å². The summed E-state index contributed by atoms with van der Waals surface area (Å²) < 4.78 is 5.89. The number of esters is 1. The monoisotopic (exact) mass is 888 g/mol. The largest absolute Gasteiger partial charge is 0.462 e. The van der Waals surface area contributed by atoms with Crippen LogP contribution in [0.1, 0.15) is 220 Å². The van der Waals surface area contributed by atoms with Gasteiger partial charge in [0.2, 0.25) is 5.91 Å². The summed E-state index contributed by atoms with van der Waals surface area (Å²) in [6, 6.07) is -0.737. The van der Waals surface area contributed by atoms with Gasteiger partial charge in [-0.1, -0.05) is 252 Å². The first-order chi connectivity index (χ1) is 31.5. The summed E-state index contributed by atoms with van der Waals surface area (Å²) in [5.74, 6) is -0.581. The van der Waals surface area contributed by atoms with Crippen molar-refractivity contribution in [1.82, 2.24) is 5.32 Å². The predicted molar refractivity (Wildman–Crippen MR) is 277 cm³/mol. The number of unbranched alkanes of at least 4 members (excludes halogenated alkanes) is 22. The maximum Gasteiger partial charge on any atom is 0.306 e. The smallest absolute Gasteiger partial charge is 0.306 e. The average molecular weight is 888 g/mol. The fourth-order valence-corrected chi connectivity index (χ4v) is 7.35. The first kappa shape index (κ1) is 60.5. The van der Waals surface area contributed by atoms with Crippen LogP contribution < -0.4 is 5.32 Å². The summed E-state index contributed by atoms with van der Waals surface area (Å²) in [6.07, 6.45) is 68.6. The highest BCUT2D eigenvalue weighted by Gasteiger charge is 2.24. The number of nitrogens with one attached hydrogen (secondary N) is 1. The molecule has 6 nitrogen and oxygen atoms in total. The lowest BCUT2D eigenvalue weighted by Crippen LogP contribution is -2.46. The highest BCUT2D eigenvalue weighted by molar-refractivity contribution is 5.77. The second-order valence-electron chi connectivity index (χ2n) is 17.4. The van der Waals surface area contributed by atoms with Crippen molar-refractivity contribution in [3.63, 3.8) is 0 Å². The molecule has 364 valence electrons. The summed E-state index contributed by atoms with van der Waals surface area (Å²) >= 11 is 0. The van der Waals surface area contributed by atoms with Gasteiger partial charge in [-0.3, -0.25) is 9.59 Å². The second kappa shape index (κ2) is 50.5. The van der Waals surface area contributed by atoms with E-state index in [1.165, 1.54) is 89.9 Å². The zero-order valence-electron chi connectivity index (χ0n) is 41.4. The van der Waals surface area contributed by atoms with E-state index in [1.54, 1.807) is 0 Å². The molecule has 3 unspecified atom stereocenters. The molecular formula is C58H97NO5. The third kappa shape index (κ3) is 45.1. The molecule has 0 radical (unpaired) electrons. The normalized spacial score (nSPS) is 14.1. The molecule has 0 aromatic carbocycles. The van der Waals surface area contributed by atoms with Crippen molar-refractivity contribution in [1.29, 1.82) is 0 Å². The Morgan fingerprint density at radius 1 is 0.469 bits per heavy atom. The first-order valence-corrected chi connectivity index (χ1v) is 26.2. The molecule has 0 aromatic heterocycles. The molecule has 0 aliphatic heterocycles. The van der Waals surface area contributed by atoms with Crippen LogP contribution in [-0.4, -0.2) is 46.9 Å². The topological polar surface area (TPSA) is 95.9 Å². The van der Waals surface area contributed by atoms with Gasteiger partial charge in [0, 0.05) is 6.42 Å². The Labute approximate surface area is 394 Å². The van der Waals surface area contributed by atoms with Crippen molar-refractivity contribution in [2.75, 3.05) is 6.61 Å². The van der Waals surface area contributed by atoms with E-state index in [0.717, 1.165) is 83.5 Å². The van der Waals surface area contributed by atoms with Crippen LogP contribution >= 0.6 is 0 Å². The van der Waals surface area contributed by atoms with Gasteiger partial charge in [0.15, 0.2) is 0 Å². The number of aliphatic hydroxyl groups excluding tert-OH is 2. The summed E-state index contributed by atoms with van der Waals surface area (Å²) in [5, 5.41) is 23.8. The molecule has 0 aliphatic rings. The van der Waals surface area contributed by atoms with Crippen LogP contribution in [0.25, 0.3) is 0 Å². The minimum atomic E-state index is -0.818. The van der Waals surface area contributed by atoms with Crippen LogP contribution in [-0.2, 0) is 14.3 Å². The molecule has 0 aliphatic carbocycles. The van der Waals surface area contributed by atoms with E-state index in [-0.39, 0.29) is 24.9 Å². The summed E-state index contributed by atoms with van der Waals surface area (Å²) in [4.78, 5) is 26.1. The van der Waals surface area contributed by atoms with Crippen LogP contribution in [0, 0.1) is 0 Å². The molecular weight excluding hydrogens is 791 g/mol. The molecule has 0 saturated heterocycles. The van der Waals surface area contributed by atoms with Crippen LogP contribution in [0.4, 0.5) is 0 Å². The highest BCUT2D eigenvalue weighted by atomic mass is 16.5. The SMILES string of the molecule is CC/C=C/C=C/C=C\C=C/C=C/CCCC(CC(=O)NC(CO)C(O)CCCCCCCCCCCCCCCC)OC(=O)CCCCCCC/C=C/C=C/C=C/C=C/CCCCC. The Balaban J connectivity index is 4.72. The van der Waals surface area contributed by atoms with E-state index < -0.39 is 18.2 Å². The summed E-state index contributed by atoms with van der Waals surface area (Å²) in [6.45, 7) is 6.27. The van der Waals surface area contributed by atoms with Gasteiger partial charge in [-0.2, -0.15) is 0 Å². The van der Waals surface area contributed by atoms with Gasteiger partial charge in [-0.25, -0.2) is 0 Å². The molecule has 0 aromatic rings. The van der Waals surface area contributed by atoms with Crippen LogP contribution in [0.3, 0.4) is 0 Å². The van der Waals surface area contributed by atoms with Gasteiger partial charge >= 0.3 is 5.97 Å². The first-order valence-electron chi connectivity index (χ1n) is 26.2. The van der Waals surface area contributed by atoms with Gasteiger partial charge in [-0.05, 0) is 64.2 Å². The maximum absolute atomic E-state index is 13.2. The molecule has 0 fully saturated rings. The van der Waals surface area contributed by atoms with Gasteiger partial charge in [0.25, 0.3) is 0 Å². The molecule has 64 heavy (non-hydrogen) atoms. The number of rotatable bonds is 45. The van der Waals surface area contributed by atoms with E-state index in [4.69, 9.17) is 4.74 Å². The summed E-state index contributed by atoms with van der Waals surface area (Å²) in [7, 11) is 0. The number of hydrogen-bond acceptors (Lipinski definition) is 5. The van der Waals surface area contributed by atoms with E-state index >= 15 is 0 Å². The molecule has 0 bridgehead atoms. The van der Waals surface area contributed by atoms with E-state index in [0.29, 0.717) is 19.3 Å². The molecule has 0 saturated carbocycles. The maximum atomic E-state index is 13.2. The molecule has 1 amide bonds. The minimum Gasteiger partial charge on any atom is -0.462 e. The average Bonchev–Trinajstić information content (AvgIpc) is 3.29. The highest BCUT2D eigenvalue weighted by Crippen LogP contribution is 2.17. The van der Waals surface area contributed by atoms with E-state index in [2.05, 4.69) is 86.8 Å². The molecule has 6 heteroatoms. The van der Waals surface area contributed by atoms with E-state index in [1.807, 2.05) is 48.6 Å². The third-order valence-corrected chi connectivity index (χ3v) is 11.3. The van der Waals surface area contributed by atoms with Crippen molar-refractivity contribution in [2.45, 2.75) is 238 Å². The van der Waals surface area contributed by atoms with Gasteiger partial charge in [-0.15, -0.1) is 0 Å². The molecule has 3 atom stereocenters. The Morgan fingerprint density at radius 3 is 1.34 bits per heavy atom. The van der Waals surface area contributed by atoms with Crippen LogP contribution in [0.5, 0.6) is 0 Å². The van der Waals surface area contributed by atoms with Crippen molar-refractivity contribution in [3.05, 3.63) is 109 Å². The van der Waals surface area contributed by atoms with Gasteiger partial charge < -0.3 is 20.3 Å². The standard InChI is InChI=1S/C58H97NO5/c1-4-7-10-13-16-19-22-25-27-28-29-30-33-36-39-42-45-48-51-58(63)64-54(49-46-43-40-37-34-31-24-21-18-15-12-9-6-3)52-57(62)59-55(53-60)56(61)50-47-44-41-38-35-32-26-23-20-17-14-11-8-5-2/h9,12,15-16,18-19,21-22,24-25,27-31,34,37,40,54-56,60-61H,4-8,10-11,13-14,17,20,23,26,32-33,35-36,38-39,41-53H2,1-3H3,(H,59,62)/b12-9+,18-15+,19-16+,24-21-,25-22+,28-27+,30-29+,34-31-,40-37+. The quantitative estimate of drug-likeness (QED) is 0.0322. The lowest BCUT2D eigenvalue weighted by molar-refractivity contribution is -0.151. The Morgan fingerprint density at radius 2 is 0.859 bits per heavy atom. The second-order valence-corrected chi connectivity index (χ2v) is 17.4. The summed E-state index contributed by atoms with van der Waals surface area (Å²) in [5.41, 5.74) is 0. The Kier molecular flexibility index (Phi) is 47.8. The van der Waals surface area contributed by atoms with Gasteiger partial charge in [0.05, 0.1) is 25.2 Å². The number of amides is 1. The predicted octanol–water partition coefficient (Wildman–Crippen LogP) is 15.9. The number of carbonyl (C=O) groups excluding carboxylic acids is 2. The van der Waals surface area contributed by atoms with Crippen molar-refractivity contribution >= 4 is 11.9 Å². The Bertz CT molecular complexity index is 1320. The number of allylic oxidation sites excluding steroid dienone is 18. The van der Waals surface area contributed by atoms with Crippen molar-refractivity contribution in [3.8, 4) is 0 Å². The van der Waals surface area contributed by atoms with Crippen molar-refractivity contribution in [2.24, 2.45) is 0 Å².